The maximum absolute atomic E-state index is 5.50. The molecule has 0 spiro atoms. The van der Waals surface area contributed by atoms with Gasteiger partial charge in [-0.3, -0.25) is 4.98 Å². The molecule has 2 nitrogen and oxygen atoms in total. The van der Waals surface area contributed by atoms with E-state index >= 15 is 0 Å². The number of alkyl halides is 1. The summed E-state index contributed by atoms with van der Waals surface area (Å²) in [5, 5.41) is 0.766. The Morgan fingerprint density at radius 2 is 2.23 bits per heavy atom. The Bertz CT molecular complexity index is 253. The van der Waals surface area contributed by atoms with Gasteiger partial charge in [-0.25, -0.2) is 0 Å². The minimum atomic E-state index is 0. The summed E-state index contributed by atoms with van der Waals surface area (Å²) < 4.78 is 5.50. The predicted molar refractivity (Wildman–Crippen MR) is 63.0 cm³/mol. The zero-order valence-electron chi connectivity index (χ0n) is 7.66. The summed E-state index contributed by atoms with van der Waals surface area (Å²) in [5.74, 6) is 0.884. The lowest BCUT2D eigenvalue weighted by Crippen LogP contribution is -2.05. The highest BCUT2D eigenvalue weighted by atomic mass is 79.9. The van der Waals surface area contributed by atoms with Gasteiger partial charge >= 0.3 is 0 Å². The van der Waals surface area contributed by atoms with Gasteiger partial charge in [-0.1, -0.05) is 15.9 Å². The number of nitrogens with zero attached hydrogens (tertiary/aromatic N) is 1. The molecule has 0 N–H and O–H groups in total. The summed E-state index contributed by atoms with van der Waals surface area (Å²) in [6.45, 7) is 4.02. The highest BCUT2D eigenvalue weighted by molar-refractivity contribution is 9.08. The quantitative estimate of drug-likeness (QED) is 0.799. The van der Waals surface area contributed by atoms with E-state index in [1.807, 2.05) is 26.0 Å². The van der Waals surface area contributed by atoms with Crippen LogP contribution in [0.15, 0.2) is 18.3 Å². The van der Waals surface area contributed by atoms with Crippen molar-refractivity contribution in [1.29, 1.82) is 0 Å². The molecule has 0 aromatic carbocycles. The molecule has 0 radical (unpaired) electrons. The zero-order valence-corrected chi connectivity index (χ0v) is 11.0. The fourth-order valence-corrected chi connectivity index (χ4v) is 1.18. The van der Waals surface area contributed by atoms with Crippen LogP contribution in [0.4, 0.5) is 0 Å². The number of hydrogen-bond acceptors (Lipinski definition) is 2. The van der Waals surface area contributed by atoms with Crippen LogP contribution in [0.5, 0.6) is 5.75 Å². The molecule has 0 aliphatic heterocycles. The van der Waals surface area contributed by atoms with Gasteiger partial charge in [0, 0.05) is 17.6 Å². The number of aromatic nitrogens is 1. The average molecular weight is 311 g/mol. The number of halogens is 2. The molecule has 4 heteroatoms. The highest BCUT2D eigenvalue weighted by Gasteiger charge is 1.98. The molecular weight excluding hydrogens is 298 g/mol. The van der Waals surface area contributed by atoms with Gasteiger partial charge in [-0.15, -0.1) is 17.0 Å². The molecule has 0 unspecified atom stereocenters. The number of rotatable bonds is 3. The van der Waals surface area contributed by atoms with E-state index in [1.54, 1.807) is 6.20 Å². The highest BCUT2D eigenvalue weighted by Crippen LogP contribution is 2.14. The standard InChI is InChI=1S/C9H12BrNO.BrH/c1-7(2)12-9-3-4-11-8(5-9)6-10;/h3-5,7H,6H2,1-2H3;1H. The molecular formula is C9H13Br2NO. The Morgan fingerprint density at radius 3 is 2.77 bits per heavy atom. The van der Waals surface area contributed by atoms with Crippen LogP contribution in [-0.4, -0.2) is 11.1 Å². The lowest BCUT2D eigenvalue weighted by Gasteiger charge is -2.09. The molecule has 1 rings (SSSR count). The number of pyridine rings is 1. The zero-order chi connectivity index (χ0) is 8.97. The van der Waals surface area contributed by atoms with E-state index in [4.69, 9.17) is 4.74 Å². The van der Waals surface area contributed by atoms with Gasteiger partial charge in [0.15, 0.2) is 0 Å². The van der Waals surface area contributed by atoms with Crippen LogP contribution in [0, 0.1) is 0 Å². The first-order chi connectivity index (χ1) is 5.72. The molecule has 0 fully saturated rings. The Balaban J connectivity index is 0.00000144. The van der Waals surface area contributed by atoms with Crippen molar-refractivity contribution in [3.8, 4) is 5.75 Å². The number of hydrogen-bond donors (Lipinski definition) is 0. The van der Waals surface area contributed by atoms with Crippen molar-refractivity contribution in [3.05, 3.63) is 24.0 Å². The molecule has 0 amide bonds. The Hall–Kier alpha value is -0.0900. The summed E-state index contributed by atoms with van der Waals surface area (Å²) >= 11 is 3.34. The van der Waals surface area contributed by atoms with Crippen molar-refractivity contribution in [2.75, 3.05) is 0 Å². The van der Waals surface area contributed by atoms with Crippen molar-refractivity contribution in [1.82, 2.24) is 4.98 Å². The molecule has 0 aliphatic rings. The lowest BCUT2D eigenvalue weighted by molar-refractivity contribution is 0.242. The second-order valence-corrected chi connectivity index (χ2v) is 3.34. The maximum Gasteiger partial charge on any atom is 0.123 e. The first kappa shape index (κ1) is 12.9. The fraction of sp³-hybridized carbons (Fsp3) is 0.444. The molecule has 1 aromatic heterocycles. The third-order valence-corrected chi connectivity index (χ3v) is 1.87. The summed E-state index contributed by atoms with van der Waals surface area (Å²) in [7, 11) is 0. The minimum Gasteiger partial charge on any atom is -0.491 e. The molecule has 1 heterocycles. The first-order valence-corrected chi connectivity index (χ1v) is 5.02. The van der Waals surface area contributed by atoms with E-state index in [1.165, 1.54) is 0 Å². The topological polar surface area (TPSA) is 22.1 Å². The third-order valence-electron chi connectivity index (χ3n) is 1.30. The summed E-state index contributed by atoms with van der Waals surface area (Å²) in [5.41, 5.74) is 0.994. The lowest BCUT2D eigenvalue weighted by atomic mass is 10.3. The van der Waals surface area contributed by atoms with E-state index in [2.05, 4.69) is 20.9 Å². The van der Waals surface area contributed by atoms with E-state index in [-0.39, 0.29) is 23.1 Å². The van der Waals surface area contributed by atoms with Crippen molar-refractivity contribution in [2.45, 2.75) is 25.3 Å². The average Bonchev–Trinajstić information content (AvgIpc) is 2.03. The SMILES string of the molecule is Br.CC(C)Oc1ccnc(CBr)c1. The van der Waals surface area contributed by atoms with Gasteiger partial charge < -0.3 is 4.74 Å². The van der Waals surface area contributed by atoms with Gasteiger partial charge in [-0.2, -0.15) is 0 Å². The van der Waals surface area contributed by atoms with Crippen LogP contribution in [0.25, 0.3) is 0 Å². The second-order valence-electron chi connectivity index (χ2n) is 2.78. The van der Waals surface area contributed by atoms with Gasteiger partial charge in [0.05, 0.1) is 11.8 Å². The predicted octanol–water partition coefficient (Wildman–Crippen LogP) is 3.34. The summed E-state index contributed by atoms with van der Waals surface area (Å²) in [6.07, 6.45) is 1.98. The Kier molecular flexibility index (Phi) is 6.33. The Labute approximate surface area is 97.6 Å². The van der Waals surface area contributed by atoms with Crippen molar-refractivity contribution < 1.29 is 4.74 Å². The maximum atomic E-state index is 5.50. The molecule has 13 heavy (non-hydrogen) atoms. The van der Waals surface area contributed by atoms with Gasteiger partial charge in [0.25, 0.3) is 0 Å². The monoisotopic (exact) mass is 309 g/mol. The molecule has 0 aliphatic carbocycles. The summed E-state index contributed by atoms with van der Waals surface area (Å²) in [4.78, 5) is 4.14. The van der Waals surface area contributed by atoms with Crippen LogP contribution in [-0.2, 0) is 5.33 Å². The molecule has 0 bridgehead atoms. The van der Waals surface area contributed by atoms with E-state index in [9.17, 15) is 0 Å². The van der Waals surface area contributed by atoms with Crippen molar-refractivity contribution in [2.24, 2.45) is 0 Å². The number of ether oxygens (including phenoxy) is 1. The summed E-state index contributed by atoms with van der Waals surface area (Å²) in [6, 6.07) is 3.81. The van der Waals surface area contributed by atoms with Crippen LogP contribution < -0.4 is 4.74 Å². The molecule has 74 valence electrons. The van der Waals surface area contributed by atoms with Gasteiger partial charge in [-0.05, 0) is 19.9 Å². The van der Waals surface area contributed by atoms with E-state index in [0.717, 1.165) is 16.8 Å². The van der Waals surface area contributed by atoms with E-state index in [0.29, 0.717) is 0 Å². The van der Waals surface area contributed by atoms with Gasteiger partial charge in [0.2, 0.25) is 0 Å². The van der Waals surface area contributed by atoms with Crippen LogP contribution >= 0.6 is 32.9 Å². The second kappa shape index (κ2) is 6.38. The van der Waals surface area contributed by atoms with Gasteiger partial charge in [0.1, 0.15) is 5.75 Å². The normalized spacial score (nSPS) is 9.54. The molecule has 0 atom stereocenters. The largest absolute Gasteiger partial charge is 0.491 e. The van der Waals surface area contributed by atoms with Crippen LogP contribution in [0.1, 0.15) is 19.5 Å². The van der Waals surface area contributed by atoms with Crippen molar-refractivity contribution in [3.63, 3.8) is 0 Å². The van der Waals surface area contributed by atoms with Crippen LogP contribution in [0.2, 0.25) is 0 Å². The first-order valence-electron chi connectivity index (χ1n) is 3.90. The third kappa shape index (κ3) is 4.62. The Morgan fingerprint density at radius 1 is 1.54 bits per heavy atom. The molecule has 0 saturated heterocycles. The smallest absolute Gasteiger partial charge is 0.123 e. The fourth-order valence-electron chi connectivity index (χ4n) is 0.875. The van der Waals surface area contributed by atoms with Crippen LogP contribution in [0.3, 0.4) is 0 Å². The van der Waals surface area contributed by atoms with Crippen molar-refractivity contribution >= 4 is 32.9 Å². The molecule has 0 saturated carbocycles. The van der Waals surface area contributed by atoms with E-state index < -0.39 is 0 Å². The minimum absolute atomic E-state index is 0. The molecule has 1 aromatic rings.